The summed E-state index contributed by atoms with van der Waals surface area (Å²) in [5.74, 6) is 0. The predicted molar refractivity (Wildman–Crippen MR) is 37.3 cm³/mol. The molecule has 0 N–H and O–H groups in total. The van der Waals surface area contributed by atoms with E-state index in [1.807, 2.05) is 0 Å². The molecule has 7 heavy (non-hydrogen) atoms. The van der Waals surface area contributed by atoms with Gasteiger partial charge in [-0.1, -0.05) is 20.3 Å². The van der Waals surface area contributed by atoms with Gasteiger partial charge in [0, 0.05) is 5.25 Å². The molecule has 0 aliphatic carbocycles. The summed E-state index contributed by atoms with van der Waals surface area (Å²) in [6, 6.07) is 0. The van der Waals surface area contributed by atoms with Gasteiger partial charge >= 0.3 is 0 Å². The maximum absolute atomic E-state index is 4.21. The van der Waals surface area contributed by atoms with Gasteiger partial charge in [0.05, 0.1) is 0 Å². The van der Waals surface area contributed by atoms with Crippen molar-refractivity contribution in [1.82, 2.24) is 0 Å². The van der Waals surface area contributed by atoms with Crippen LogP contribution in [0.2, 0.25) is 0 Å². The Morgan fingerprint density at radius 2 is 2.00 bits per heavy atom. The standard InChI is InChI=1S/C6H12S/c1-3-5-6(7)4-2/h6-7H,1-5H2. The minimum atomic E-state index is 0.470. The molecule has 0 bridgehead atoms. The summed E-state index contributed by atoms with van der Waals surface area (Å²) in [6.07, 6.45) is 2.98. The summed E-state index contributed by atoms with van der Waals surface area (Å²) in [7, 11) is 0. The van der Waals surface area contributed by atoms with Crippen LogP contribution < -0.4 is 0 Å². The quantitative estimate of drug-likeness (QED) is 0.536. The van der Waals surface area contributed by atoms with E-state index in [1.54, 1.807) is 0 Å². The molecule has 0 spiro atoms. The fourth-order valence-corrected chi connectivity index (χ4v) is 0.563. The van der Waals surface area contributed by atoms with Gasteiger partial charge in [0.15, 0.2) is 0 Å². The van der Waals surface area contributed by atoms with Crippen molar-refractivity contribution in [3.05, 3.63) is 13.8 Å². The van der Waals surface area contributed by atoms with Crippen molar-refractivity contribution in [2.24, 2.45) is 0 Å². The Morgan fingerprint density at radius 3 is 2.14 bits per heavy atom. The van der Waals surface area contributed by atoms with E-state index in [-0.39, 0.29) is 0 Å². The van der Waals surface area contributed by atoms with E-state index in [0.717, 1.165) is 19.3 Å². The zero-order chi connectivity index (χ0) is 5.70. The Bertz CT molecular complexity index is 35.2. The van der Waals surface area contributed by atoms with Crippen molar-refractivity contribution in [2.75, 3.05) is 0 Å². The van der Waals surface area contributed by atoms with Crippen LogP contribution in [0.5, 0.6) is 0 Å². The molecule has 0 fully saturated rings. The van der Waals surface area contributed by atoms with Gasteiger partial charge in [-0.25, -0.2) is 0 Å². The number of rotatable bonds is 3. The first kappa shape index (κ1) is 7.35. The lowest BCUT2D eigenvalue weighted by atomic mass is 10.2. The Kier molecular flexibility index (Phi) is 4.73. The molecule has 1 unspecified atom stereocenters. The Labute approximate surface area is 51.7 Å². The lowest BCUT2D eigenvalue weighted by molar-refractivity contribution is 0.783. The third-order valence-corrected chi connectivity index (χ3v) is 1.39. The average Bonchev–Trinajstić information content (AvgIpc) is 1.68. The van der Waals surface area contributed by atoms with Gasteiger partial charge in [-0.3, -0.25) is 0 Å². The van der Waals surface area contributed by atoms with Crippen molar-refractivity contribution < 1.29 is 0 Å². The molecule has 2 radical (unpaired) electrons. The smallest absolute Gasteiger partial charge is 0.00168 e. The van der Waals surface area contributed by atoms with Crippen LogP contribution in [0.4, 0.5) is 0 Å². The summed E-state index contributed by atoms with van der Waals surface area (Å²) in [4.78, 5) is 0. The van der Waals surface area contributed by atoms with Crippen LogP contribution in [0, 0.1) is 13.8 Å². The first-order valence-electron chi connectivity index (χ1n) is 2.57. The van der Waals surface area contributed by atoms with Crippen molar-refractivity contribution in [1.29, 1.82) is 0 Å². The summed E-state index contributed by atoms with van der Waals surface area (Å²) in [5, 5.41) is 0.470. The van der Waals surface area contributed by atoms with Crippen LogP contribution >= 0.6 is 12.6 Å². The van der Waals surface area contributed by atoms with Gasteiger partial charge in [-0.15, -0.1) is 0 Å². The minimum Gasteiger partial charge on any atom is -0.176 e. The summed E-state index contributed by atoms with van der Waals surface area (Å²) < 4.78 is 0. The molecule has 0 aromatic carbocycles. The molecule has 0 heterocycles. The summed E-state index contributed by atoms with van der Waals surface area (Å²) in [6.45, 7) is 7.40. The number of thiol groups is 1. The molecule has 0 aromatic rings. The molecule has 0 nitrogen and oxygen atoms in total. The van der Waals surface area contributed by atoms with Gasteiger partial charge in [-0.2, -0.15) is 12.6 Å². The molecule has 1 atom stereocenters. The maximum atomic E-state index is 4.21. The van der Waals surface area contributed by atoms with E-state index in [0.29, 0.717) is 5.25 Å². The van der Waals surface area contributed by atoms with Crippen molar-refractivity contribution in [3.8, 4) is 0 Å². The fraction of sp³-hybridized carbons (Fsp3) is 0.667. The first-order valence-corrected chi connectivity index (χ1v) is 3.09. The molecule has 0 amide bonds. The molecule has 1 heteroatoms. The Balaban J connectivity index is 2.83. The normalized spacial score (nSPS) is 14.1. The van der Waals surface area contributed by atoms with Crippen molar-refractivity contribution >= 4 is 12.6 Å². The highest BCUT2D eigenvalue weighted by Gasteiger charge is 1.93. The molecule has 0 rings (SSSR count). The molecular weight excluding hydrogens is 104 g/mol. The second-order valence-corrected chi connectivity index (χ2v) is 2.32. The molecular formula is C6H12S. The van der Waals surface area contributed by atoms with E-state index in [4.69, 9.17) is 0 Å². The number of hydrogen-bond donors (Lipinski definition) is 1. The lowest BCUT2D eigenvalue weighted by Gasteiger charge is -2.01. The second-order valence-electron chi connectivity index (χ2n) is 1.58. The van der Waals surface area contributed by atoms with Crippen LogP contribution in [0.25, 0.3) is 0 Å². The molecule has 0 saturated heterocycles. The number of hydrogen-bond acceptors (Lipinski definition) is 1. The van der Waals surface area contributed by atoms with Gasteiger partial charge in [0.1, 0.15) is 0 Å². The third-order valence-electron chi connectivity index (χ3n) is 0.871. The van der Waals surface area contributed by atoms with E-state index >= 15 is 0 Å². The van der Waals surface area contributed by atoms with Gasteiger partial charge in [0.25, 0.3) is 0 Å². The molecule has 0 saturated carbocycles. The zero-order valence-electron chi connectivity index (χ0n) is 4.56. The van der Waals surface area contributed by atoms with Gasteiger partial charge < -0.3 is 0 Å². The first-order chi connectivity index (χ1) is 3.31. The molecule has 42 valence electrons. The van der Waals surface area contributed by atoms with Crippen molar-refractivity contribution in [2.45, 2.75) is 24.5 Å². The maximum Gasteiger partial charge on any atom is 0.00168 e. The van der Waals surface area contributed by atoms with Gasteiger partial charge in [-0.05, 0) is 12.8 Å². The third kappa shape index (κ3) is 4.20. The van der Waals surface area contributed by atoms with E-state index in [2.05, 4.69) is 26.5 Å². The van der Waals surface area contributed by atoms with Gasteiger partial charge in [0.2, 0.25) is 0 Å². The largest absolute Gasteiger partial charge is 0.176 e. The molecule has 0 aromatic heterocycles. The van der Waals surface area contributed by atoms with E-state index in [9.17, 15) is 0 Å². The average molecular weight is 116 g/mol. The second kappa shape index (κ2) is 4.51. The monoisotopic (exact) mass is 116 g/mol. The van der Waals surface area contributed by atoms with Crippen LogP contribution in [0.3, 0.4) is 0 Å². The zero-order valence-corrected chi connectivity index (χ0v) is 5.45. The minimum absolute atomic E-state index is 0.470. The lowest BCUT2D eigenvalue weighted by Crippen LogP contribution is -1.93. The van der Waals surface area contributed by atoms with Crippen molar-refractivity contribution in [3.63, 3.8) is 0 Å². The van der Waals surface area contributed by atoms with Crippen LogP contribution in [-0.4, -0.2) is 5.25 Å². The van der Waals surface area contributed by atoms with E-state index in [1.165, 1.54) is 0 Å². The SMILES string of the molecule is [CH2]CCC(S)C[CH2]. The topological polar surface area (TPSA) is 0 Å². The van der Waals surface area contributed by atoms with E-state index < -0.39 is 0 Å². The molecule has 0 aliphatic heterocycles. The van der Waals surface area contributed by atoms with Crippen LogP contribution in [0.15, 0.2) is 0 Å². The Hall–Kier alpha value is 0.350. The fourth-order valence-electron chi connectivity index (χ4n) is 0.380. The Morgan fingerprint density at radius 1 is 1.43 bits per heavy atom. The highest BCUT2D eigenvalue weighted by Crippen LogP contribution is 2.06. The predicted octanol–water partition coefficient (Wildman–Crippen LogP) is 2.12. The summed E-state index contributed by atoms with van der Waals surface area (Å²) >= 11 is 4.21. The van der Waals surface area contributed by atoms with Crippen LogP contribution in [-0.2, 0) is 0 Å². The molecule has 0 aliphatic rings. The van der Waals surface area contributed by atoms with Crippen LogP contribution in [0.1, 0.15) is 19.3 Å². The highest BCUT2D eigenvalue weighted by molar-refractivity contribution is 7.80. The summed E-state index contributed by atoms with van der Waals surface area (Å²) in [5.41, 5.74) is 0. The highest BCUT2D eigenvalue weighted by atomic mass is 32.1.